The van der Waals surface area contributed by atoms with Crippen LogP contribution < -0.4 is 5.32 Å². The molecule has 1 unspecified atom stereocenters. The van der Waals surface area contributed by atoms with Crippen LogP contribution in [-0.2, 0) is 9.59 Å². The Kier molecular flexibility index (Phi) is 5.60. The van der Waals surface area contributed by atoms with E-state index in [1.54, 1.807) is 0 Å². The number of hydrogen-bond donors (Lipinski definition) is 2. The van der Waals surface area contributed by atoms with Crippen molar-refractivity contribution in [3.8, 4) is 0 Å². The van der Waals surface area contributed by atoms with Crippen LogP contribution in [0.1, 0.15) is 33.1 Å². The number of carboxylic acid groups (broad SMARTS) is 1. The lowest BCUT2D eigenvalue weighted by Gasteiger charge is -2.10. The molecule has 0 aliphatic carbocycles. The third-order valence-electron chi connectivity index (χ3n) is 1.98. The van der Waals surface area contributed by atoms with Gasteiger partial charge in [-0.2, -0.15) is 0 Å². The highest BCUT2D eigenvalue weighted by Crippen LogP contribution is 2.02. The molecule has 1 atom stereocenters. The van der Waals surface area contributed by atoms with Crippen molar-refractivity contribution in [2.45, 2.75) is 39.2 Å². The van der Waals surface area contributed by atoms with Gasteiger partial charge < -0.3 is 10.4 Å². The zero-order chi connectivity index (χ0) is 11.1. The van der Waals surface area contributed by atoms with Gasteiger partial charge in [0.2, 0.25) is 5.91 Å². The molecular weight excluding hydrogens is 182 g/mol. The smallest absolute Gasteiger partial charge is 0.330 e. The van der Waals surface area contributed by atoms with Crippen molar-refractivity contribution in [2.24, 2.45) is 0 Å². The third-order valence-corrected chi connectivity index (χ3v) is 1.98. The maximum atomic E-state index is 11.2. The molecule has 4 nitrogen and oxygen atoms in total. The van der Waals surface area contributed by atoms with E-state index in [-0.39, 0.29) is 30.4 Å². The molecule has 4 heteroatoms. The van der Waals surface area contributed by atoms with E-state index in [9.17, 15) is 9.59 Å². The molecule has 0 bridgehead atoms. The van der Waals surface area contributed by atoms with Crippen LogP contribution in [0.15, 0.2) is 12.2 Å². The summed E-state index contributed by atoms with van der Waals surface area (Å²) < 4.78 is 0. The predicted octanol–water partition coefficient (Wildman–Crippen LogP) is 1.32. The van der Waals surface area contributed by atoms with Gasteiger partial charge >= 0.3 is 5.97 Å². The summed E-state index contributed by atoms with van der Waals surface area (Å²) in [5.74, 6) is -1.16. The summed E-state index contributed by atoms with van der Waals surface area (Å²) in [5.41, 5.74) is 0.0734. The molecule has 0 heterocycles. The van der Waals surface area contributed by atoms with E-state index in [1.807, 2.05) is 13.8 Å². The van der Waals surface area contributed by atoms with Gasteiger partial charge in [-0.15, -0.1) is 0 Å². The SMILES string of the molecule is C=C(CCC(=O)NC(C)CC)C(=O)O. The Labute approximate surface area is 84.0 Å². The average Bonchev–Trinajstić information content (AvgIpc) is 2.13. The molecule has 0 saturated carbocycles. The van der Waals surface area contributed by atoms with E-state index < -0.39 is 5.97 Å². The minimum atomic E-state index is -1.04. The number of nitrogens with one attached hydrogen (secondary N) is 1. The van der Waals surface area contributed by atoms with Crippen molar-refractivity contribution >= 4 is 11.9 Å². The molecule has 0 aromatic carbocycles. The minimum Gasteiger partial charge on any atom is -0.478 e. The Morgan fingerprint density at radius 1 is 1.43 bits per heavy atom. The van der Waals surface area contributed by atoms with Gasteiger partial charge in [0, 0.05) is 18.0 Å². The fraction of sp³-hybridized carbons (Fsp3) is 0.600. The Bertz CT molecular complexity index is 236. The van der Waals surface area contributed by atoms with Crippen molar-refractivity contribution in [3.05, 3.63) is 12.2 Å². The van der Waals surface area contributed by atoms with Crippen molar-refractivity contribution in [2.75, 3.05) is 0 Å². The Morgan fingerprint density at radius 3 is 2.43 bits per heavy atom. The Morgan fingerprint density at radius 2 is 2.00 bits per heavy atom. The summed E-state index contributed by atoms with van der Waals surface area (Å²) in [6, 6.07) is 0.139. The lowest BCUT2D eigenvalue weighted by atomic mass is 10.1. The highest BCUT2D eigenvalue weighted by atomic mass is 16.4. The van der Waals surface area contributed by atoms with Gasteiger partial charge in [0.05, 0.1) is 0 Å². The monoisotopic (exact) mass is 199 g/mol. The zero-order valence-corrected chi connectivity index (χ0v) is 8.67. The van der Waals surface area contributed by atoms with Crippen LogP contribution in [0.3, 0.4) is 0 Å². The third kappa shape index (κ3) is 5.35. The van der Waals surface area contributed by atoms with E-state index >= 15 is 0 Å². The number of aliphatic carboxylic acids is 1. The van der Waals surface area contributed by atoms with E-state index in [0.29, 0.717) is 0 Å². The molecule has 0 fully saturated rings. The maximum Gasteiger partial charge on any atom is 0.330 e. The first-order valence-electron chi connectivity index (χ1n) is 4.67. The normalized spacial score (nSPS) is 11.9. The number of hydrogen-bond acceptors (Lipinski definition) is 2. The van der Waals surface area contributed by atoms with E-state index in [4.69, 9.17) is 5.11 Å². The molecule has 0 aliphatic heterocycles. The van der Waals surface area contributed by atoms with Crippen LogP contribution >= 0.6 is 0 Å². The summed E-state index contributed by atoms with van der Waals surface area (Å²) in [6.45, 7) is 7.23. The second kappa shape index (κ2) is 6.18. The molecule has 2 N–H and O–H groups in total. The molecule has 0 spiro atoms. The Hall–Kier alpha value is -1.32. The van der Waals surface area contributed by atoms with Gasteiger partial charge in [0.15, 0.2) is 0 Å². The number of carbonyl (C=O) groups is 2. The molecule has 14 heavy (non-hydrogen) atoms. The summed E-state index contributed by atoms with van der Waals surface area (Å²) in [7, 11) is 0. The lowest BCUT2D eigenvalue weighted by molar-refractivity contribution is -0.132. The van der Waals surface area contributed by atoms with Crippen molar-refractivity contribution in [3.63, 3.8) is 0 Å². The van der Waals surface area contributed by atoms with E-state index in [2.05, 4.69) is 11.9 Å². The van der Waals surface area contributed by atoms with Gasteiger partial charge in [0.25, 0.3) is 0 Å². The summed E-state index contributed by atoms with van der Waals surface area (Å²) >= 11 is 0. The van der Waals surface area contributed by atoms with Gasteiger partial charge in [-0.05, 0) is 19.8 Å². The molecule has 0 aliphatic rings. The van der Waals surface area contributed by atoms with Crippen LogP contribution in [0.5, 0.6) is 0 Å². The zero-order valence-electron chi connectivity index (χ0n) is 8.67. The topological polar surface area (TPSA) is 66.4 Å². The van der Waals surface area contributed by atoms with Crippen LogP contribution in [0.25, 0.3) is 0 Å². The van der Waals surface area contributed by atoms with Gasteiger partial charge in [-0.1, -0.05) is 13.5 Å². The van der Waals surface area contributed by atoms with Crippen LogP contribution in [0, 0.1) is 0 Å². The fourth-order valence-electron chi connectivity index (χ4n) is 0.820. The molecule has 1 amide bonds. The van der Waals surface area contributed by atoms with Crippen molar-refractivity contribution in [1.29, 1.82) is 0 Å². The highest BCUT2D eigenvalue weighted by molar-refractivity contribution is 5.87. The fourth-order valence-corrected chi connectivity index (χ4v) is 0.820. The lowest BCUT2D eigenvalue weighted by Crippen LogP contribution is -2.31. The highest BCUT2D eigenvalue weighted by Gasteiger charge is 2.09. The molecule has 0 saturated heterocycles. The van der Waals surface area contributed by atoms with Crippen molar-refractivity contribution in [1.82, 2.24) is 5.32 Å². The van der Waals surface area contributed by atoms with Gasteiger partial charge in [0.1, 0.15) is 0 Å². The van der Waals surface area contributed by atoms with E-state index in [1.165, 1.54) is 0 Å². The standard InChI is InChI=1S/C10H17NO3/c1-4-8(3)11-9(12)6-5-7(2)10(13)14/h8H,2,4-6H2,1,3H3,(H,11,12)(H,13,14). The summed E-state index contributed by atoms with van der Waals surface area (Å²) in [5, 5.41) is 11.2. The minimum absolute atomic E-state index is 0.0734. The second-order valence-corrected chi connectivity index (χ2v) is 3.29. The summed E-state index contributed by atoms with van der Waals surface area (Å²) in [4.78, 5) is 21.6. The average molecular weight is 199 g/mol. The number of carbonyl (C=O) groups excluding carboxylic acids is 1. The molecule has 0 rings (SSSR count). The summed E-state index contributed by atoms with van der Waals surface area (Å²) in [6.07, 6.45) is 1.26. The maximum absolute atomic E-state index is 11.2. The van der Waals surface area contributed by atoms with Crippen LogP contribution in [-0.4, -0.2) is 23.0 Å². The molecule has 0 aromatic rings. The molecule has 0 radical (unpaired) electrons. The number of carboxylic acids is 1. The molecule has 80 valence electrons. The second-order valence-electron chi connectivity index (χ2n) is 3.29. The largest absolute Gasteiger partial charge is 0.478 e. The molecular formula is C10H17NO3. The first-order valence-corrected chi connectivity index (χ1v) is 4.67. The van der Waals surface area contributed by atoms with Crippen LogP contribution in [0.4, 0.5) is 0 Å². The quantitative estimate of drug-likeness (QED) is 0.634. The Balaban J connectivity index is 3.75. The van der Waals surface area contributed by atoms with Gasteiger partial charge in [-0.3, -0.25) is 4.79 Å². The number of amides is 1. The first kappa shape index (κ1) is 12.7. The molecule has 0 aromatic heterocycles. The number of rotatable bonds is 6. The van der Waals surface area contributed by atoms with Gasteiger partial charge in [-0.25, -0.2) is 4.79 Å². The predicted molar refractivity (Wildman–Crippen MR) is 53.9 cm³/mol. The van der Waals surface area contributed by atoms with E-state index in [0.717, 1.165) is 6.42 Å². The van der Waals surface area contributed by atoms with Crippen molar-refractivity contribution < 1.29 is 14.7 Å². The van der Waals surface area contributed by atoms with Crippen LogP contribution in [0.2, 0.25) is 0 Å². The first-order chi connectivity index (χ1) is 6.47.